The molecule has 0 atom stereocenters. The van der Waals surface area contributed by atoms with Crippen LogP contribution in [0.15, 0.2) is 48.5 Å². The molecule has 0 radical (unpaired) electrons. The highest BCUT2D eigenvalue weighted by molar-refractivity contribution is 5.80. The molecule has 7 nitrogen and oxygen atoms in total. The first kappa shape index (κ1) is 24.8. The summed E-state index contributed by atoms with van der Waals surface area (Å²) in [5.41, 5.74) is 4.00. The van der Waals surface area contributed by atoms with E-state index in [9.17, 15) is 14.4 Å². The van der Waals surface area contributed by atoms with Crippen molar-refractivity contribution in [1.82, 2.24) is 10.2 Å². The van der Waals surface area contributed by atoms with Gasteiger partial charge in [-0.2, -0.15) is 0 Å². The molecule has 0 aromatic heterocycles. The average Bonchev–Trinajstić information content (AvgIpc) is 3.17. The number of carboxylic acids is 1. The number of benzene rings is 2. The van der Waals surface area contributed by atoms with Crippen LogP contribution in [0.5, 0.6) is 0 Å². The number of nitrogens with one attached hydrogen (secondary N) is 1. The third-order valence-corrected chi connectivity index (χ3v) is 7.34. The summed E-state index contributed by atoms with van der Waals surface area (Å²) in [6, 6.07) is 16.4. The minimum atomic E-state index is -0.930. The highest BCUT2D eigenvalue weighted by Gasteiger charge is 2.38. The molecule has 1 saturated carbocycles. The lowest BCUT2D eigenvalue weighted by Crippen LogP contribution is -2.53. The van der Waals surface area contributed by atoms with Crippen molar-refractivity contribution < 1.29 is 24.2 Å². The van der Waals surface area contributed by atoms with Crippen molar-refractivity contribution in [3.05, 3.63) is 59.7 Å². The minimum Gasteiger partial charge on any atom is -0.481 e. The van der Waals surface area contributed by atoms with Crippen molar-refractivity contribution in [3.63, 3.8) is 0 Å². The van der Waals surface area contributed by atoms with E-state index in [1.165, 1.54) is 11.1 Å². The highest BCUT2D eigenvalue weighted by atomic mass is 16.5. The summed E-state index contributed by atoms with van der Waals surface area (Å²) in [5, 5.41) is 12.0. The first-order valence-electron chi connectivity index (χ1n) is 12.6. The van der Waals surface area contributed by atoms with E-state index in [1.807, 2.05) is 31.2 Å². The molecule has 2 aromatic carbocycles. The molecule has 0 unspecified atom stereocenters. The Kier molecular flexibility index (Phi) is 7.73. The Morgan fingerprint density at radius 3 is 2.17 bits per heavy atom. The number of carboxylic acid groups (broad SMARTS) is 1. The summed E-state index contributed by atoms with van der Waals surface area (Å²) in [6.45, 7) is 2.68. The lowest BCUT2D eigenvalue weighted by molar-refractivity contribution is -0.138. The Morgan fingerprint density at radius 1 is 1.00 bits per heavy atom. The van der Waals surface area contributed by atoms with Gasteiger partial charge in [-0.1, -0.05) is 67.8 Å². The lowest BCUT2D eigenvalue weighted by atomic mass is 9.79. The first-order chi connectivity index (χ1) is 16.9. The van der Waals surface area contributed by atoms with E-state index in [1.54, 1.807) is 4.90 Å². The smallest absolute Gasteiger partial charge is 0.407 e. The number of ether oxygens (including phenoxy) is 1. The van der Waals surface area contributed by atoms with Crippen LogP contribution in [-0.2, 0) is 14.3 Å². The molecule has 1 fully saturated rings. The Hall–Kier alpha value is -3.35. The SMILES string of the molecule is CCN(CCC(=O)O)C(=O)CC1(NC(=O)OCC2c3ccccc3-c3ccccc32)CCCCC1. The number of aliphatic carboxylic acids is 1. The van der Waals surface area contributed by atoms with E-state index in [0.29, 0.717) is 19.4 Å². The maximum atomic E-state index is 13.0. The number of carbonyl (C=O) groups is 3. The lowest BCUT2D eigenvalue weighted by Gasteiger charge is -2.38. The minimum absolute atomic E-state index is 0.0244. The van der Waals surface area contributed by atoms with Crippen molar-refractivity contribution in [1.29, 1.82) is 0 Å². The number of rotatable bonds is 9. The zero-order valence-electron chi connectivity index (χ0n) is 20.3. The molecule has 0 saturated heterocycles. The number of hydrogen-bond acceptors (Lipinski definition) is 4. The van der Waals surface area contributed by atoms with Crippen LogP contribution in [0.4, 0.5) is 4.79 Å². The predicted octanol–water partition coefficient (Wildman–Crippen LogP) is 4.94. The van der Waals surface area contributed by atoms with E-state index in [4.69, 9.17) is 9.84 Å². The molecule has 186 valence electrons. The third-order valence-electron chi connectivity index (χ3n) is 7.34. The van der Waals surface area contributed by atoms with Gasteiger partial charge in [-0.3, -0.25) is 9.59 Å². The molecule has 2 aromatic rings. The Balaban J connectivity index is 1.42. The van der Waals surface area contributed by atoms with Crippen molar-refractivity contribution in [3.8, 4) is 11.1 Å². The molecule has 0 heterocycles. The van der Waals surface area contributed by atoms with Crippen LogP contribution in [-0.4, -0.2) is 53.2 Å². The fraction of sp³-hybridized carbons (Fsp3) is 0.464. The Labute approximate surface area is 206 Å². The van der Waals surface area contributed by atoms with Gasteiger partial charge in [0.2, 0.25) is 5.91 Å². The van der Waals surface area contributed by atoms with Gasteiger partial charge in [0, 0.05) is 19.0 Å². The number of alkyl carbamates (subject to hydrolysis) is 1. The maximum Gasteiger partial charge on any atom is 0.407 e. The van der Waals surface area contributed by atoms with Gasteiger partial charge in [-0.25, -0.2) is 4.79 Å². The van der Waals surface area contributed by atoms with Crippen LogP contribution in [0.25, 0.3) is 11.1 Å². The summed E-state index contributed by atoms with van der Waals surface area (Å²) >= 11 is 0. The fourth-order valence-corrected chi connectivity index (χ4v) is 5.52. The van der Waals surface area contributed by atoms with E-state index in [-0.39, 0.29) is 37.8 Å². The van der Waals surface area contributed by atoms with Gasteiger partial charge in [0.05, 0.1) is 18.4 Å². The Morgan fingerprint density at radius 2 is 1.60 bits per heavy atom. The highest BCUT2D eigenvalue weighted by Crippen LogP contribution is 2.44. The van der Waals surface area contributed by atoms with Gasteiger partial charge < -0.3 is 20.1 Å². The second kappa shape index (κ2) is 10.9. The Bertz CT molecular complexity index is 1030. The molecule has 2 aliphatic carbocycles. The standard InChI is InChI=1S/C28H34N2O5/c1-2-30(17-14-26(32)33)25(31)18-28(15-8-3-9-16-28)29-27(34)35-19-24-22-12-6-4-10-20(22)21-11-5-7-13-23(21)24/h4-7,10-13,24H,2-3,8-9,14-19H2,1H3,(H,29,34)(H,32,33). The predicted molar refractivity (Wildman–Crippen MR) is 133 cm³/mol. The van der Waals surface area contributed by atoms with Gasteiger partial charge in [0.15, 0.2) is 0 Å². The van der Waals surface area contributed by atoms with E-state index in [2.05, 4.69) is 29.6 Å². The zero-order chi connectivity index (χ0) is 24.8. The average molecular weight is 479 g/mol. The van der Waals surface area contributed by atoms with Gasteiger partial charge in [0.1, 0.15) is 6.61 Å². The molecule has 2 N–H and O–H groups in total. The zero-order valence-corrected chi connectivity index (χ0v) is 20.3. The molecular formula is C28H34N2O5. The molecule has 7 heteroatoms. The third kappa shape index (κ3) is 5.66. The second-order valence-corrected chi connectivity index (χ2v) is 9.59. The van der Waals surface area contributed by atoms with Crippen molar-refractivity contribution >= 4 is 18.0 Å². The molecule has 0 bridgehead atoms. The quantitative estimate of drug-likeness (QED) is 0.532. The number of amides is 2. The summed E-state index contributed by atoms with van der Waals surface area (Å²) in [6.07, 6.45) is 3.90. The summed E-state index contributed by atoms with van der Waals surface area (Å²) in [5.74, 6) is -1.08. The fourth-order valence-electron chi connectivity index (χ4n) is 5.52. The largest absolute Gasteiger partial charge is 0.481 e. The molecular weight excluding hydrogens is 444 g/mol. The monoisotopic (exact) mass is 478 g/mol. The van der Waals surface area contributed by atoms with E-state index >= 15 is 0 Å². The first-order valence-corrected chi connectivity index (χ1v) is 12.6. The van der Waals surface area contributed by atoms with Crippen molar-refractivity contribution in [2.75, 3.05) is 19.7 Å². The van der Waals surface area contributed by atoms with Gasteiger partial charge in [0.25, 0.3) is 0 Å². The number of fused-ring (bicyclic) bond motifs is 3. The van der Waals surface area contributed by atoms with Crippen molar-refractivity contribution in [2.45, 2.75) is 63.3 Å². The summed E-state index contributed by atoms with van der Waals surface area (Å²) in [4.78, 5) is 38.5. The van der Waals surface area contributed by atoms with Crippen LogP contribution in [0, 0.1) is 0 Å². The summed E-state index contributed by atoms with van der Waals surface area (Å²) in [7, 11) is 0. The van der Waals surface area contributed by atoms with Crippen molar-refractivity contribution in [2.24, 2.45) is 0 Å². The molecule has 0 spiro atoms. The second-order valence-electron chi connectivity index (χ2n) is 9.59. The maximum absolute atomic E-state index is 13.0. The number of nitrogens with zero attached hydrogens (tertiary/aromatic N) is 1. The van der Waals surface area contributed by atoms with Crippen LogP contribution in [0.1, 0.15) is 68.9 Å². The van der Waals surface area contributed by atoms with Crippen LogP contribution >= 0.6 is 0 Å². The van der Waals surface area contributed by atoms with E-state index < -0.39 is 17.6 Å². The molecule has 4 rings (SSSR count). The van der Waals surface area contributed by atoms with Gasteiger partial charge in [-0.05, 0) is 42.0 Å². The topological polar surface area (TPSA) is 95.9 Å². The van der Waals surface area contributed by atoms with Crippen LogP contribution in [0.2, 0.25) is 0 Å². The molecule has 0 aliphatic heterocycles. The van der Waals surface area contributed by atoms with Crippen LogP contribution in [0.3, 0.4) is 0 Å². The normalized spacial score (nSPS) is 16.1. The number of hydrogen-bond donors (Lipinski definition) is 2. The summed E-state index contributed by atoms with van der Waals surface area (Å²) < 4.78 is 5.76. The van der Waals surface area contributed by atoms with E-state index in [0.717, 1.165) is 30.4 Å². The van der Waals surface area contributed by atoms with Gasteiger partial charge in [-0.15, -0.1) is 0 Å². The molecule has 2 aliphatic rings. The molecule has 2 amide bonds. The number of carbonyl (C=O) groups excluding carboxylic acids is 2. The van der Waals surface area contributed by atoms with Crippen LogP contribution < -0.4 is 5.32 Å². The van der Waals surface area contributed by atoms with Gasteiger partial charge >= 0.3 is 12.1 Å². The molecule has 35 heavy (non-hydrogen) atoms.